The van der Waals surface area contributed by atoms with Gasteiger partial charge in [-0.1, -0.05) is 6.07 Å². The summed E-state index contributed by atoms with van der Waals surface area (Å²) in [6.07, 6.45) is 6.01. The molecular weight excluding hydrogens is 272 g/mol. The maximum atomic E-state index is 12.7. The Morgan fingerprint density at radius 1 is 1.38 bits per heavy atom. The number of nitrogens with one attached hydrogen (secondary N) is 1. The summed E-state index contributed by atoms with van der Waals surface area (Å²) < 4.78 is 10.4. The van der Waals surface area contributed by atoms with Gasteiger partial charge in [0.05, 0.1) is 25.9 Å². The van der Waals surface area contributed by atoms with Crippen molar-refractivity contribution in [2.75, 3.05) is 12.0 Å². The zero-order chi connectivity index (χ0) is 14.7. The number of nitrogens with zero attached hydrogens (tertiary/aromatic N) is 3. The van der Waals surface area contributed by atoms with E-state index in [-0.39, 0.29) is 5.76 Å². The molecule has 0 saturated carbocycles. The fourth-order valence-corrected chi connectivity index (χ4v) is 1.91. The predicted octanol–water partition coefficient (Wildman–Crippen LogP) is 2.38. The lowest BCUT2D eigenvalue weighted by Gasteiger charge is -2.18. The Kier molecular flexibility index (Phi) is 3.38. The number of anilines is 2. The van der Waals surface area contributed by atoms with E-state index in [4.69, 9.17) is 9.15 Å². The molecule has 0 aliphatic heterocycles. The van der Waals surface area contributed by atoms with Crippen LogP contribution in [0.5, 0.6) is 5.75 Å². The standard InChI is InChI=1S/C14H12N4O3/c1-20-10-5-7-21-13(10)14(19)18(12-8-15-9-17-12)11-4-2-3-6-16-11/h2-9H,1H3,(H,15,17). The number of pyridine rings is 1. The molecule has 0 radical (unpaired) electrons. The van der Waals surface area contributed by atoms with Gasteiger partial charge in [0.15, 0.2) is 5.75 Å². The van der Waals surface area contributed by atoms with Gasteiger partial charge in [0.25, 0.3) is 0 Å². The number of carbonyl (C=O) groups excluding carboxylic acids is 1. The van der Waals surface area contributed by atoms with Gasteiger partial charge in [0.1, 0.15) is 11.6 Å². The molecule has 3 heterocycles. The molecule has 0 atom stereocenters. The Morgan fingerprint density at radius 3 is 2.95 bits per heavy atom. The first-order chi connectivity index (χ1) is 10.3. The van der Waals surface area contributed by atoms with Crippen LogP contribution in [-0.4, -0.2) is 28.0 Å². The van der Waals surface area contributed by atoms with Gasteiger partial charge in [-0.3, -0.25) is 4.79 Å². The summed E-state index contributed by atoms with van der Waals surface area (Å²) in [4.78, 5) is 25.1. The van der Waals surface area contributed by atoms with E-state index >= 15 is 0 Å². The number of imidazole rings is 1. The van der Waals surface area contributed by atoms with Crippen LogP contribution < -0.4 is 9.64 Å². The molecule has 0 aromatic carbocycles. The van der Waals surface area contributed by atoms with Crippen molar-refractivity contribution in [2.24, 2.45) is 0 Å². The summed E-state index contributed by atoms with van der Waals surface area (Å²) in [7, 11) is 1.48. The normalized spacial score (nSPS) is 10.3. The Balaban J connectivity index is 2.06. The molecule has 21 heavy (non-hydrogen) atoms. The summed E-state index contributed by atoms with van der Waals surface area (Å²) >= 11 is 0. The van der Waals surface area contributed by atoms with Crippen LogP contribution in [0, 0.1) is 0 Å². The summed E-state index contributed by atoms with van der Waals surface area (Å²) in [5, 5.41) is 0. The van der Waals surface area contributed by atoms with Gasteiger partial charge in [-0.2, -0.15) is 0 Å². The van der Waals surface area contributed by atoms with E-state index in [1.165, 1.54) is 30.8 Å². The van der Waals surface area contributed by atoms with Gasteiger partial charge >= 0.3 is 5.91 Å². The van der Waals surface area contributed by atoms with Gasteiger partial charge < -0.3 is 14.1 Å². The molecule has 3 aromatic heterocycles. The first-order valence-electron chi connectivity index (χ1n) is 6.16. The van der Waals surface area contributed by atoms with E-state index in [0.717, 1.165) is 0 Å². The lowest BCUT2D eigenvalue weighted by Crippen LogP contribution is -2.27. The number of aromatic amines is 1. The Hall–Kier alpha value is -3.09. The second kappa shape index (κ2) is 5.49. The fourth-order valence-electron chi connectivity index (χ4n) is 1.91. The van der Waals surface area contributed by atoms with Crippen LogP contribution >= 0.6 is 0 Å². The quantitative estimate of drug-likeness (QED) is 0.795. The van der Waals surface area contributed by atoms with Crippen molar-refractivity contribution in [1.29, 1.82) is 0 Å². The predicted molar refractivity (Wildman–Crippen MR) is 74.6 cm³/mol. The third-order valence-electron chi connectivity index (χ3n) is 2.85. The van der Waals surface area contributed by atoms with E-state index in [1.54, 1.807) is 30.5 Å². The van der Waals surface area contributed by atoms with Crippen LogP contribution in [0.15, 0.2) is 53.7 Å². The van der Waals surface area contributed by atoms with Gasteiger partial charge in [-0.15, -0.1) is 0 Å². The van der Waals surface area contributed by atoms with Crippen molar-refractivity contribution in [1.82, 2.24) is 15.0 Å². The molecule has 0 spiro atoms. The van der Waals surface area contributed by atoms with Crippen LogP contribution in [0.2, 0.25) is 0 Å². The summed E-state index contributed by atoms with van der Waals surface area (Å²) in [6.45, 7) is 0. The largest absolute Gasteiger partial charge is 0.493 e. The lowest BCUT2D eigenvalue weighted by atomic mass is 10.3. The molecule has 0 saturated heterocycles. The van der Waals surface area contributed by atoms with Gasteiger partial charge in [0.2, 0.25) is 5.76 Å². The maximum Gasteiger partial charge on any atom is 0.304 e. The summed E-state index contributed by atoms with van der Waals surface area (Å²) in [6, 6.07) is 6.86. The van der Waals surface area contributed by atoms with Crippen LogP contribution in [0.1, 0.15) is 10.6 Å². The molecule has 3 rings (SSSR count). The summed E-state index contributed by atoms with van der Waals surface area (Å²) in [5.41, 5.74) is 0. The number of hydrogen-bond donors (Lipinski definition) is 1. The second-order valence-corrected chi connectivity index (χ2v) is 4.08. The molecular formula is C14H12N4O3. The highest BCUT2D eigenvalue weighted by atomic mass is 16.5. The monoisotopic (exact) mass is 284 g/mol. The highest BCUT2D eigenvalue weighted by Crippen LogP contribution is 2.27. The Bertz CT molecular complexity index is 722. The van der Waals surface area contributed by atoms with Crippen molar-refractivity contribution >= 4 is 17.5 Å². The molecule has 3 aromatic rings. The minimum Gasteiger partial charge on any atom is -0.493 e. The number of H-pyrrole nitrogens is 1. The molecule has 0 fully saturated rings. The Morgan fingerprint density at radius 2 is 2.29 bits per heavy atom. The number of carbonyl (C=O) groups is 1. The average molecular weight is 284 g/mol. The van der Waals surface area contributed by atoms with E-state index in [1.807, 2.05) is 0 Å². The highest BCUT2D eigenvalue weighted by molar-refractivity contribution is 6.09. The second-order valence-electron chi connectivity index (χ2n) is 4.08. The number of rotatable bonds is 4. The molecule has 1 amide bonds. The molecule has 0 bridgehead atoms. The van der Waals surface area contributed by atoms with Crippen molar-refractivity contribution in [3.05, 3.63) is 55.0 Å². The fraction of sp³-hybridized carbons (Fsp3) is 0.0714. The number of ether oxygens (including phenoxy) is 1. The van der Waals surface area contributed by atoms with E-state index < -0.39 is 5.91 Å². The van der Waals surface area contributed by atoms with Gasteiger partial charge in [-0.05, 0) is 12.1 Å². The van der Waals surface area contributed by atoms with Crippen molar-refractivity contribution < 1.29 is 13.9 Å². The number of amides is 1. The maximum absolute atomic E-state index is 12.7. The highest BCUT2D eigenvalue weighted by Gasteiger charge is 2.27. The van der Waals surface area contributed by atoms with Crippen LogP contribution in [0.4, 0.5) is 11.6 Å². The van der Waals surface area contributed by atoms with Crippen molar-refractivity contribution in [3.63, 3.8) is 0 Å². The van der Waals surface area contributed by atoms with Crippen molar-refractivity contribution in [2.45, 2.75) is 0 Å². The van der Waals surface area contributed by atoms with Crippen molar-refractivity contribution in [3.8, 4) is 5.75 Å². The van der Waals surface area contributed by atoms with E-state index in [9.17, 15) is 4.79 Å². The average Bonchev–Trinajstić information content (AvgIpc) is 3.19. The molecule has 106 valence electrons. The number of methoxy groups -OCH3 is 1. The summed E-state index contributed by atoms with van der Waals surface area (Å²) in [5.74, 6) is 0.986. The van der Waals surface area contributed by atoms with Crippen LogP contribution in [0.25, 0.3) is 0 Å². The Labute approximate surface area is 120 Å². The minimum atomic E-state index is -0.403. The topological polar surface area (TPSA) is 84.2 Å². The smallest absolute Gasteiger partial charge is 0.304 e. The van der Waals surface area contributed by atoms with E-state index in [0.29, 0.717) is 17.4 Å². The third-order valence-corrected chi connectivity index (χ3v) is 2.85. The molecule has 0 unspecified atom stereocenters. The molecule has 7 nitrogen and oxygen atoms in total. The zero-order valence-corrected chi connectivity index (χ0v) is 11.2. The first kappa shape index (κ1) is 12.9. The molecule has 1 N–H and O–H groups in total. The number of aromatic nitrogens is 3. The molecule has 0 aliphatic carbocycles. The first-order valence-corrected chi connectivity index (χ1v) is 6.16. The third kappa shape index (κ3) is 2.36. The SMILES string of the molecule is COc1ccoc1C(=O)N(c1ccccn1)c1cnc[nH]1. The molecule has 7 heteroatoms. The van der Waals surface area contributed by atoms with Crippen LogP contribution in [0.3, 0.4) is 0 Å². The molecule has 0 aliphatic rings. The van der Waals surface area contributed by atoms with Gasteiger partial charge in [0, 0.05) is 12.3 Å². The number of furan rings is 1. The number of hydrogen-bond acceptors (Lipinski definition) is 5. The minimum absolute atomic E-state index is 0.0951. The zero-order valence-electron chi connectivity index (χ0n) is 11.2. The van der Waals surface area contributed by atoms with E-state index in [2.05, 4.69) is 15.0 Å². The van der Waals surface area contributed by atoms with Crippen LogP contribution in [-0.2, 0) is 0 Å². The van der Waals surface area contributed by atoms with Gasteiger partial charge in [-0.25, -0.2) is 14.9 Å². The lowest BCUT2D eigenvalue weighted by molar-refractivity contribution is 0.0967.